The molecule has 0 radical (unpaired) electrons. The van der Waals surface area contributed by atoms with Crippen molar-refractivity contribution in [3.8, 4) is 5.75 Å². The van der Waals surface area contributed by atoms with Crippen LogP contribution in [-0.4, -0.2) is 17.4 Å². The summed E-state index contributed by atoms with van der Waals surface area (Å²) in [6.07, 6.45) is 1.61. The summed E-state index contributed by atoms with van der Waals surface area (Å²) in [6.45, 7) is 4.22. The highest BCUT2D eigenvalue weighted by molar-refractivity contribution is 5.96. The smallest absolute Gasteiger partial charge is 0.268 e. The van der Waals surface area contributed by atoms with Gasteiger partial charge in [-0.05, 0) is 40.1 Å². The first-order valence-electron chi connectivity index (χ1n) is 8.58. The molecular weight excluding hydrogens is 346 g/mol. The quantitative estimate of drug-likeness (QED) is 0.422. The molecule has 1 heterocycles. The molecule has 6 nitrogen and oxygen atoms in total. The Morgan fingerprint density at radius 3 is 2.56 bits per heavy atom. The van der Waals surface area contributed by atoms with Crippen molar-refractivity contribution in [1.82, 2.24) is 0 Å². The number of allylic oxidation sites excluding steroid dienone is 1. The Hall–Kier alpha value is -2.96. The Bertz CT molecular complexity index is 1180. The highest BCUT2D eigenvalue weighted by Gasteiger charge is 2.40. The molecule has 0 bridgehead atoms. The topological polar surface area (TPSA) is 87.1 Å². The first-order valence-corrected chi connectivity index (χ1v) is 8.58. The van der Waals surface area contributed by atoms with Crippen LogP contribution in [-0.2, 0) is 16.9 Å². The predicted octanol–water partition coefficient (Wildman–Crippen LogP) is 2.90. The van der Waals surface area contributed by atoms with Crippen molar-refractivity contribution < 1.29 is 15.3 Å². The molecule has 2 N–H and O–H groups in total. The molecule has 0 amide bonds. The summed E-state index contributed by atoms with van der Waals surface area (Å²) < 4.78 is 0. The zero-order valence-electron chi connectivity index (χ0n) is 15.2. The molecule has 1 aliphatic rings. The van der Waals surface area contributed by atoms with Crippen molar-refractivity contribution >= 4 is 22.5 Å². The minimum atomic E-state index is -0.832. The molecule has 1 aliphatic heterocycles. The van der Waals surface area contributed by atoms with Gasteiger partial charge in [-0.25, -0.2) is 4.89 Å². The van der Waals surface area contributed by atoms with Crippen LogP contribution in [0, 0.1) is 0 Å². The molecule has 138 valence electrons. The molecule has 0 unspecified atom stereocenters. The third-order valence-electron chi connectivity index (χ3n) is 5.48. The van der Waals surface area contributed by atoms with E-state index in [2.05, 4.69) is 4.89 Å². The fraction of sp³-hybridized carbons (Fsp3) is 0.238. The Kier molecular flexibility index (Phi) is 3.73. The first-order chi connectivity index (χ1) is 12.8. The van der Waals surface area contributed by atoms with Gasteiger partial charge in [-0.3, -0.25) is 14.8 Å². The highest BCUT2D eigenvalue weighted by Crippen LogP contribution is 2.50. The summed E-state index contributed by atoms with van der Waals surface area (Å²) >= 11 is 0. The maximum Gasteiger partial charge on any atom is 0.268 e. The monoisotopic (exact) mass is 365 g/mol. The van der Waals surface area contributed by atoms with Crippen molar-refractivity contribution in [2.75, 3.05) is 11.9 Å². The number of hydrogen-bond donors (Lipinski definition) is 2. The summed E-state index contributed by atoms with van der Waals surface area (Å²) in [5.41, 5.74) is 1.93. The Morgan fingerprint density at radius 1 is 1.15 bits per heavy atom. The number of nitrogens with zero attached hydrogens (tertiary/aromatic N) is 1. The summed E-state index contributed by atoms with van der Waals surface area (Å²) in [5, 5.41) is 20.5. The third kappa shape index (κ3) is 2.34. The molecule has 0 aliphatic carbocycles. The molecule has 0 spiro atoms. The van der Waals surface area contributed by atoms with Gasteiger partial charge in [0.25, 0.3) is 5.43 Å². The molecular formula is C21H19NO5. The van der Waals surface area contributed by atoms with Crippen LogP contribution in [0.15, 0.2) is 45.6 Å². The van der Waals surface area contributed by atoms with Gasteiger partial charge in [-0.15, -0.1) is 0 Å². The fourth-order valence-corrected chi connectivity index (χ4v) is 4.09. The lowest BCUT2D eigenvalue weighted by Gasteiger charge is -2.25. The Balaban J connectivity index is 1.91. The van der Waals surface area contributed by atoms with E-state index in [9.17, 15) is 14.7 Å². The van der Waals surface area contributed by atoms with E-state index in [-0.39, 0.29) is 12.2 Å². The second-order valence-electron chi connectivity index (χ2n) is 7.42. The maximum atomic E-state index is 11.8. The average molecular weight is 365 g/mol. The van der Waals surface area contributed by atoms with Gasteiger partial charge in [0.05, 0.1) is 5.56 Å². The van der Waals surface area contributed by atoms with Crippen molar-refractivity contribution in [2.24, 2.45) is 0 Å². The van der Waals surface area contributed by atoms with Crippen LogP contribution in [0.25, 0.3) is 16.8 Å². The highest BCUT2D eigenvalue weighted by atomic mass is 17.1. The Morgan fingerprint density at radius 2 is 1.89 bits per heavy atom. The molecule has 0 fully saturated rings. The second-order valence-corrected chi connectivity index (χ2v) is 7.42. The number of rotatable bonds is 3. The van der Waals surface area contributed by atoms with E-state index in [0.29, 0.717) is 0 Å². The van der Waals surface area contributed by atoms with Gasteiger partial charge in [-0.2, -0.15) is 0 Å². The zero-order chi connectivity index (χ0) is 19.5. The van der Waals surface area contributed by atoms with E-state index in [1.54, 1.807) is 6.08 Å². The summed E-state index contributed by atoms with van der Waals surface area (Å²) in [6, 6.07) is 9.87. The van der Waals surface area contributed by atoms with Crippen LogP contribution >= 0.6 is 0 Å². The predicted molar refractivity (Wildman–Crippen MR) is 104 cm³/mol. The fourth-order valence-electron chi connectivity index (χ4n) is 4.09. The first kappa shape index (κ1) is 17.5. The molecule has 0 atom stereocenters. The van der Waals surface area contributed by atoms with Crippen molar-refractivity contribution in [1.29, 1.82) is 0 Å². The number of aromatic hydroxyl groups is 1. The van der Waals surface area contributed by atoms with Crippen LogP contribution in [0.4, 0.5) is 5.69 Å². The number of anilines is 1. The molecule has 27 heavy (non-hydrogen) atoms. The molecule has 6 heteroatoms. The lowest BCUT2D eigenvalue weighted by molar-refractivity contribution is -0.252. The molecule has 3 aromatic carbocycles. The lowest BCUT2D eigenvalue weighted by Crippen LogP contribution is -2.33. The molecule has 3 aromatic rings. The largest absolute Gasteiger partial charge is 0.504 e. The van der Waals surface area contributed by atoms with Crippen LogP contribution in [0.3, 0.4) is 0 Å². The lowest BCUT2D eigenvalue weighted by atomic mass is 9.80. The van der Waals surface area contributed by atoms with Crippen molar-refractivity contribution in [2.45, 2.75) is 25.9 Å². The van der Waals surface area contributed by atoms with Crippen molar-refractivity contribution in [3.63, 3.8) is 0 Å². The van der Waals surface area contributed by atoms with Gasteiger partial charge in [0.2, 0.25) is 5.43 Å². The van der Waals surface area contributed by atoms with E-state index in [4.69, 9.17) is 5.26 Å². The molecule has 0 saturated heterocycles. The van der Waals surface area contributed by atoms with E-state index >= 15 is 0 Å². The van der Waals surface area contributed by atoms with Gasteiger partial charge >= 0.3 is 0 Å². The second kappa shape index (κ2) is 5.77. The summed E-state index contributed by atoms with van der Waals surface area (Å²) in [5.74, 6) is -0.467. The molecule has 0 aromatic heterocycles. The zero-order valence-corrected chi connectivity index (χ0v) is 15.2. The minimum absolute atomic E-state index is 0.0643. The Labute approximate surface area is 155 Å². The summed E-state index contributed by atoms with van der Waals surface area (Å²) in [4.78, 5) is 29.3. The molecule has 4 rings (SSSR count). The van der Waals surface area contributed by atoms with Crippen LogP contribution < -0.4 is 15.8 Å². The number of fused-ring (bicyclic) bond motifs is 3. The number of hydrogen-bond acceptors (Lipinski definition) is 6. The van der Waals surface area contributed by atoms with Gasteiger partial charge in [0.1, 0.15) is 6.61 Å². The van der Waals surface area contributed by atoms with E-state index in [1.165, 1.54) is 0 Å². The van der Waals surface area contributed by atoms with Gasteiger partial charge < -0.3 is 10.0 Å². The van der Waals surface area contributed by atoms with E-state index in [0.717, 1.165) is 33.3 Å². The van der Waals surface area contributed by atoms with Crippen molar-refractivity contribution in [3.05, 3.63) is 73.2 Å². The van der Waals surface area contributed by atoms with Gasteiger partial charge in [0.15, 0.2) is 5.75 Å². The molecule has 0 saturated carbocycles. The standard InChI is InChI=1S/C21H19NO5/c1-21(2)16(9-14-18(23)20(25)19(14)24)22(3)15-7-5-12-8-11(10-27-26)4-6-13(12)17(15)21/h4-9,23,26H,10H2,1-3H3. The van der Waals surface area contributed by atoms with Gasteiger partial charge in [-0.1, -0.05) is 32.0 Å². The van der Waals surface area contributed by atoms with Gasteiger partial charge in [0, 0.05) is 23.8 Å². The average Bonchev–Trinajstić information content (AvgIpc) is 2.85. The SMILES string of the molecule is CN1C(=Cc2c(O)c(=O)c2=O)C(C)(C)c2c1ccc1cc(COO)ccc21. The maximum absolute atomic E-state index is 11.8. The van der Waals surface area contributed by atoms with Crippen LogP contribution in [0.5, 0.6) is 5.75 Å². The normalized spacial score (nSPS) is 17.2. The number of likely N-dealkylation sites (N-methyl/N-ethyl adjacent to an activating group) is 1. The summed E-state index contributed by atoms with van der Waals surface area (Å²) in [7, 11) is 1.90. The minimum Gasteiger partial charge on any atom is -0.504 e. The van der Waals surface area contributed by atoms with Crippen LogP contribution in [0.1, 0.15) is 30.5 Å². The van der Waals surface area contributed by atoms with Crippen LogP contribution in [0.2, 0.25) is 0 Å². The number of benzene rings is 2. The van der Waals surface area contributed by atoms with E-state index in [1.807, 2.05) is 56.1 Å². The third-order valence-corrected chi connectivity index (χ3v) is 5.48. The van der Waals surface area contributed by atoms with E-state index < -0.39 is 22.0 Å².